The molecule has 2 aliphatic rings. The van der Waals surface area contributed by atoms with Crippen molar-refractivity contribution in [1.29, 1.82) is 0 Å². The van der Waals surface area contributed by atoms with Crippen molar-refractivity contribution < 1.29 is 0 Å². The summed E-state index contributed by atoms with van der Waals surface area (Å²) in [5.41, 5.74) is 0. The lowest BCUT2D eigenvalue weighted by atomic mass is 9.76. The Morgan fingerprint density at radius 3 is 2.56 bits per heavy atom. The number of likely N-dealkylation sites (tertiary alicyclic amines) is 1. The van der Waals surface area contributed by atoms with Gasteiger partial charge in [0.1, 0.15) is 0 Å². The van der Waals surface area contributed by atoms with Gasteiger partial charge in [-0.3, -0.25) is 0 Å². The summed E-state index contributed by atoms with van der Waals surface area (Å²) in [5.74, 6) is 1.90. The summed E-state index contributed by atoms with van der Waals surface area (Å²) < 4.78 is 0. The number of nitrogens with one attached hydrogen (secondary N) is 1. The van der Waals surface area contributed by atoms with Crippen molar-refractivity contribution in [2.45, 2.75) is 51.5 Å². The van der Waals surface area contributed by atoms with Crippen LogP contribution in [0.2, 0.25) is 0 Å². The molecule has 3 atom stereocenters. The first-order valence-electron chi connectivity index (χ1n) is 7.23. The van der Waals surface area contributed by atoms with E-state index in [1.807, 2.05) is 0 Å². The summed E-state index contributed by atoms with van der Waals surface area (Å²) >= 11 is 0. The number of hydrogen-bond acceptors (Lipinski definition) is 2. The molecule has 0 spiro atoms. The fourth-order valence-electron chi connectivity index (χ4n) is 3.61. The molecule has 0 aromatic carbocycles. The molecule has 2 rings (SSSR count). The van der Waals surface area contributed by atoms with E-state index in [-0.39, 0.29) is 0 Å². The molecule has 0 amide bonds. The van der Waals surface area contributed by atoms with Gasteiger partial charge in [0.05, 0.1) is 0 Å². The highest BCUT2D eigenvalue weighted by atomic mass is 15.1. The van der Waals surface area contributed by atoms with Crippen molar-refractivity contribution >= 4 is 0 Å². The second-order valence-corrected chi connectivity index (χ2v) is 5.75. The molecule has 1 aliphatic carbocycles. The second kappa shape index (κ2) is 6.02. The van der Waals surface area contributed by atoms with E-state index in [0.29, 0.717) is 0 Å². The third kappa shape index (κ3) is 2.98. The van der Waals surface area contributed by atoms with Crippen LogP contribution in [0.25, 0.3) is 0 Å². The van der Waals surface area contributed by atoms with Gasteiger partial charge in [0.25, 0.3) is 0 Å². The molecule has 0 aromatic rings. The van der Waals surface area contributed by atoms with Gasteiger partial charge in [0, 0.05) is 12.6 Å². The highest BCUT2D eigenvalue weighted by Crippen LogP contribution is 2.32. The summed E-state index contributed by atoms with van der Waals surface area (Å²) in [7, 11) is 2.15. The molecule has 3 unspecified atom stereocenters. The van der Waals surface area contributed by atoms with E-state index in [1.54, 1.807) is 0 Å². The highest BCUT2D eigenvalue weighted by Gasteiger charge is 2.30. The number of rotatable bonds is 4. The third-order valence-corrected chi connectivity index (χ3v) is 4.73. The zero-order chi connectivity index (χ0) is 11.4. The molecule has 94 valence electrons. The fourth-order valence-corrected chi connectivity index (χ4v) is 3.61. The Balaban J connectivity index is 1.86. The second-order valence-electron chi connectivity index (χ2n) is 5.75. The van der Waals surface area contributed by atoms with Crippen molar-refractivity contribution in [3.8, 4) is 0 Å². The standard InChI is InChI=1S/C14H28N2/c1-3-12-6-7-14(15-2)13(10-12)11-16-8-4-5-9-16/h12-15H,3-11H2,1-2H3. The molecule has 2 nitrogen and oxygen atoms in total. The SMILES string of the molecule is CCC1CCC(NC)C(CN2CCCC2)C1. The van der Waals surface area contributed by atoms with Crippen LogP contribution >= 0.6 is 0 Å². The van der Waals surface area contributed by atoms with Gasteiger partial charge in [-0.1, -0.05) is 13.3 Å². The summed E-state index contributed by atoms with van der Waals surface area (Å²) in [4.78, 5) is 2.69. The molecule has 2 heteroatoms. The molecule has 0 radical (unpaired) electrons. The molecule has 1 saturated carbocycles. The van der Waals surface area contributed by atoms with E-state index in [9.17, 15) is 0 Å². The van der Waals surface area contributed by atoms with Crippen LogP contribution in [0.5, 0.6) is 0 Å². The maximum Gasteiger partial charge on any atom is 0.0105 e. The predicted molar refractivity (Wildman–Crippen MR) is 69.6 cm³/mol. The molecular weight excluding hydrogens is 196 g/mol. The lowest BCUT2D eigenvalue weighted by Crippen LogP contribution is -2.44. The Labute approximate surface area is 101 Å². The minimum atomic E-state index is 0.781. The van der Waals surface area contributed by atoms with Crippen molar-refractivity contribution in [3.63, 3.8) is 0 Å². The van der Waals surface area contributed by atoms with Crippen molar-refractivity contribution in [3.05, 3.63) is 0 Å². The van der Waals surface area contributed by atoms with Crippen LogP contribution in [-0.4, -0.2) is 37.6 Å². The summed E-state index contributed by atoms with van der Waals surface area (Å²) in [6.07, 6.45) is 8.53. The first-order valence-corrected chi connectivity index (χ1v) is 7.23. The molecule has 1 aliphatic heterocycles. The Morgan fingerprint density at radius 1 is 1.19 bits per heavy atom. The first-order chi connectivity index (χ1) is 7.83. The van der Waals surface area contributed by atoms with Gasteiger partial charge in [0.2, 0.25) is 0 Å². The molecule has 1 saturated heterocycles. The zero-order valence-electron chi connectivity index (χ0n) is 11.0. The first kappa shape index (κ1) is 12.4. The van der Waals surface area contributed by atoms with E-state index in [0.717, 1.165) is 17.9 Å². The van der Waals surface area contributed by atoms with Crippen LogP contribution in [0, 0.1) is 11.8 Å². The minimum absolute atomic E-state index is 0.781. The zero-order valence-corrected chi connectivity index (χ0v) is 11.0. The maximum absolute atomic E-state index is 3.55. The van der Waals surface area contributed by atoms with Crippen LogP contribution in [-0.2, 0) is 0 Å². The molecule has 2 fully saturated rings. The van der Waals surface area contributed by atoms with E-state index >= 15 is 0 Å². The Kier molecular flexibility index (Phi) is 4.66. The van der Waals surface area contributed by atoms with Crippen LogP contribution in [0.3, 0.4) is 0 Å². The van der Waals surface area contributed by atoms with Gasteiger partial charge in [-0.05, 0) is 64.1 Å². The molecule has 1 N–H and O–H groups in total. The molecule has 0 aromatic heterocycles. The maximum atomic E-state index is 3.55. The Bertz CT molecular complexity index is 199. The molecular formula is C14H28N2. The number of nitrogens with zero attached hydrogens (tertiary/aromatic N) is 1. The Morgan fingerprint density at radius 2 is 1.94 bits per heavy atom. The summed E-state index contributed by atoms with van der Waals surface area (Å²) in [6, 6.07) is 0.781. The third-order valence-electron chi connectivity index (χ3n) is 4.73. The van der Waals surface area contributed by atoms with Crippen molar-refractivity contribution in [1.82, 2.24) is 10.2 Å². The van der Waals surface area contributed by atoms with Crippen LogP contribution in [0.15, 0.2) is 0 Å². The topological polar surface area (TPSA) is 15.3 Å². The van der Waals surface area contributed by atoms with E-state index < -0.39 is 0 Å². The lowest BCUT2D eigenvalue weighted by molar-refractivity contribution is 0.156. The van der Waals surface area contributed by atoms with Gasteiger partial charge >= 0.3 is 0 Å². The van der Waals surface area contributed by atoms with Gasteiger partial charge < -0.3 is 10.2 Å². The minimum Gasteiger partial charge on any atom is -0.317 e. The van der Waals surface area contributed by atoms with Crippen LogP contribution in [0.1, 0.15) is 45.4 Å². The van der Waals surface area contributed by atoms with Crippen molar-refractivity contribution in [2.75, 3.05) is 26.7 Å². The van der Waals surface area contributed by atoms with Gasteiger partial charge in [-0.25, -0.2) is 0 Å². The molecule has 1 heterocycles. The fraction of sp³-hybridized carbons (Fsp3) is 1.00. The lowest BCUT2D eigenvalue weighted by Gasteiger charge is -2.37. The molecule has 16 heavy (non-hydrogen) atoms. The summed E-state index contributed by atoms with van der Waals surface area (Å²) in [6.45, 7) is 6.41. The van der Waals surface area contributed by atoms with Gasteiger partial charge in [-0.2, -0.15) is 0 Å². The molecule has 0 bridgehead atoms. The van der Waals surface area contributed by atoms with Gasteiger partial charge in [0.15, 0.2) is 0 Å². The van der Waals surface area contributed by atoms with Crippen molar-refractivity contribution in [2.24, 2.45) is 11.8 Å². The van der Waals surface area contributed by atoms with E-state index in [2.05, 4.69) is 24.2 Å². The van der Waals surface area contributed by atoms with Gasteiger partial charge in [-0.15, -0.1) is 0 Å². The smallest absolute Gasteiger partial charge is 0.0105 e. The van der Waals surface area contributed by atoms with Crippen LogP contribution in [0.4, 0.5) is 0 Å². The number of hydrogen-bond donors (Lipinski definition) is 1. The normalized spacial score (nSPS) is 36.8. The summed E-state index contributed by atoms with van der Waals surface area (Å²) in [5, 5.41) is 3.55. The Hall–Kier alpha value is -0.0800. The highest BCUT2D eigenvalue weighted by molar-refractivity contribution is 4.86. The monoisotopic (exact) mass is 224 g/mol. The quantitative estimate of drug-likeness (QED) is 0.789. The predicted octanol–water partition coefficient (Wildman–Crippen LogP) is 2.50. The van der Waals surface area contributed by atoms with Crippen LogP contribution < -0.4 is 5.32 Å². The average Bonchev–Trinajstić information content (AvgIpc) is 2.82. The van der Waals surface area contributed by atoms with E-state index in [1.165, 1.54) is 58.2 Å². The largest absolute Gasteiger partial charge is 0.317 e. The average molecular weight is 224 g/mol. The van der Waals surface area contributed by atoms with E-state index in [4.69, 9.17) is 0 Å².